The summed E-state index contributed by atoms with van der Waals surface area (Å²) in [6, 6.07) is 15.1. The lowest BCUT2D eigenvalue weighted by atomic mass is 10.1. The molecule has 0 atom stereocenters. The van der Waals surface area contributed by atoms with Gasteiger partial charge < -0.3 is 10.1 Å². The largest absolute Gasteiger partial charge is 0.489 e. The highest BCUT2D eigenvalue weighted by molar-refractivity contribution is 7.12. The number of thiophene rings is 1. The monoisotopic (exact) mass is 485 g/mol. The number of benzene rings is 2. The zero-order valence-electron chi connectivity index (χ0n) is 17.6. The number of carbonyl (C=O) groups excluding carboxylic acids is 1. The molecule has 1 N–H and O–H groups in total. The molecule has 0 fully saturated rings. The van der Waals surface area contributed by atoms with Gasteiger partial charge in [-0.25, -0.2) is 0 Å². The molecule has 0 aliphatic heterocycles. The Morgan fingerprint density at radius 3 is 2.66 bits per heavy atom. The van der Waals surface area contributed by atoms with E-state index in [1.807, 2.05) is 35.7 Å². The standard InChI is InChI=1S/C24H21Cl2N3O2S/c1-15-3-5-19(9-16(15)2)31-13-18-11-22(32-14-18)24(30)27-23-7-8-29(28-23)12-17-4-6-20(25)21(26)10-17/h3-11,14H,12-13H2,1-2H3,(H,27,28,30). The minimum Gasteiger partial charge on any atom is -0.489 e. The number of anilines is 1. The van der Waals surface area contributed by atoms with Crippen LogP contribution in [0.5, 0.6) is 5.75 Å². The van der Waals surface area contributed by atoms with E-state index in [9.17, 15) is 4.79 Å². The number of aromatic nitrogens is 2. The van der Waals surface area contributed by atoms with Crippen LogP contribution in [0.4, 0.5) is 5.82 Å². The summed E-state index contributed by atoms with van der Waals surface area (Å²) in [5, 5.41) is 10.2. The van der Waals surface area contributed by atoms with Crippen LogP contribution in [0, 0.1) is 13.8 Å². The molecule has 0 unspecified atom stereocenters. The molecule has 4 rings (SSSR count). The number of aryl methyl sites for hydroxylation is 2. The predicted molar refractivity (Wildman–Crippen MR) is 130 cm³/mol. The number of ether oxygens (including phenoxy) is 1. The fourth-order valence-electron chi connectivity index (χ4n) is 3.06. The lowest BCUT2D eigenvalue weighted by molar-refractivity contribution is 0.103. The van der Waals surface area contributed by atoms with E-state index in [4.69, 9.17) is 27.9 Å². The van der Waals surface area contributed by atoms with E-state index >= 15 is 0 Å². The van der Waals surface area contributed by atoms with E-state index in [1.165, 1.54) is 22.5 Å². The topological polar surface area (TPSA) is 56.1 Å². The average molecular weight is 486 g/mol. The van der Waals surface area contributed by atoms with Crippen molar-refractivity contribution >= 4 is 46.3 Å². The number of nitrogens with zero attached hydrogens (tertiary/aromatic N) is 2. The molecule has 1 amide bonds. The normalized spacial score (nSPS) is 10.9. The summed E-state index contributed by atoms with van der Waals surface area (Å²) in [4.78, 5) is 13.2. The Kier molecular flexibility index (Phi) is 6.84. The van der Waals surface area contributed by atoms with E-state index < -0.39 is 0 Å². The summed E-state index contributed by atoms with van der Waals surface area (Å²) in [5.41, 5.74) is 4.33. The molecule has 0 bridgehead atoms. The van der Waals surface area contributed by atoms with Gasteiger partial charge in [0.1, 0.15) is 12.4 Å². The van der Waals surface area contributed by atoms with Crippen molar-refractivity contribution in [2.45, 2.75) is 27.0 Å². The molecular formula is C24H21Cl2N3O2S. The molecular weight excluding hydrogens is 465 g/mol. The van der Waals surface area contributed by atoms with Gasteiger partial charge >= 0.3 is 0 Å². The third kappa shape index (κ3) is 5.51. The maximum Gasteiger partial charge on any atom is 0.266 e. The van der Waals surface area contributed by atoms with Crippen molar-refractivity contribution in [1.82, 2.24) is 9.78 Å². The minimum absolute atomic E-state index is 0.202. The molecule has 0 saturated carbocycles. The van der Waals surface area contributed by atoms with Gasteiger partial charge in [0, 0.05) is 17.8 Å². The molecule has 32 heavy (non-hydrogen) atoms. The van der Waals surface area contributed by atoms with E-state index in [0.29, 0.717) is 33.9 Å². The zero-order valence-corrected chi connectivity index (χ0v) is 19.9. The molecule has 0 spiro atoms. The van der Waals surface area contributed by atoms with Crippen LogP contribution in [0.25, 0.3) is 0 Å². The summed E-state index contributed by atoms with van der Waals surface area (Å²) in [6.45, 7) is 5.05. The Morgan fingerprint density at radius 1 is 1.03 bits per heavy atom. The molecule has 0 aliphatic carbocycles. The molecule has 8 heteroatoms. The molecule has 0 aliphatic rings. The maximum absolute atomic E-state index is 12.6. The Bertz CT molecular complexity index is 1270. The number of halogens is 2. The Hall–Kier alpha value is -2.80. The van der Waals surface area contributed by atoms with Crippen LogP contribution in [0.15, 0.2) is 60.1 Å². The van der Waals surface area contributed by atoms with Crippen LogP contribution in [0.3, 0.4) is 0 Å². The summed E-state index contributed by atoms with van der Waals surface area (Å²) in [6.07, 6.45) is 1.80. The molecule has 0 saturated heterocycles. The number of hydrogen-bond acceptors (Lipinski definition) is 4. The lowest BCUT2D eigenvalue weighted by Crippen LogP contribution is -2.11. The van der Waals surface area contributed by atoms with Crippen molar-refractivity contribution in [1.29, 1.82) is 0 Å². The van der Waals surface area contributed by atoms with Crippen molar-refractivity contribution in [3.63, 3.8) is 0 Å². The zero-order chi connectivity index (χ0) is 22.7. The van der Waals surface area contributed by atoms with Gasteiger partial charge in [-0.05, 0) is 66.2 Å². The highest BCUT2D eigenvalue weighted by Crippen LogP contribution is 2.23. The van der Waals surface area contributed by atoms with E-state index in [1.54, 1.807) is 29.1 Å². The number of amides is 1. The van der Waals surface area contributed by atoms with Crippen LogP contribution in [0.1, 0.15) is 31.9 Å². The number of carbonyl (C=O) groups is 1. The van der Waals surface area contributed by atoms with Crippen molar-refractivity contribution < 1.29 is 9.53 Å². The predicted octanol–water partition coefficient (Wildman–Crippen LogP) is 6.75. The third-order valence-electron chi connectivity index (χ3n) is 4.97. The molecule has 2 heterocycles. The fraction of sp³-hybridized carbons (Fsp3) is 0.167. The van der Waals surface area contributed by atoms with Crippen LogP contribution < -0.4 is 10.1 Å². The van der Waals surface area contributed by atoms with Gasteiger partial charge in [0.2, 0.25) is 0 Å². The Balaban J connectivity index is 1.33. The lowest BCUT2D eigenvalue weighted by Gasteiger charge is -2.07. The van der Waals surface area contributed by atoms with Gasteiger partial charge in [0.25, 0.3) is 5.91 Å². The van der Waals surface area contributed by atoms with Crippen molar-refractivity contribution in [2.75, 3.05) is 5.32 Å². The first kappa shape index (κ1) is 22.4. The number of rotatable bonds is 7. The van der Waals surface area contributed by atoms with Gasteiger partial charge in [-0.15, -0.1) is 11.3 Å². The summed E-state index contributed by atoms with van der Waals surface area (Å²) < 4.78 is 7.59. The van der Waals surface area contributed by atoms with Gasteiger partial charge in [-0.1, -0.05) is 35.3 Å². The molecule has 4 aromatic rings. The average Bonchev–Trinajstić information content (AvgIpc) is 3.41. The molecule has 2 aromatic heterocycles. The second-order valence-corrected chi connectivity index (χ2v) is 9.18. The Morgan fingerprint density at radius 2 is 1.88 bits per heavy atom. The van der Waals surface area contributed by atoms with Gasteiger partial charge in [-0.2, -0.15) is 5.10 Å². The second-order valence-electron chi connectivity index (χ2n) is 7.46. The minimum atomic E-state index is -0.202. The molecule has 164 valence electrons. The number of nitrogens with one attached hydrogen (secondary N) is 1. The molecule has 0 radical (unpaired) electrons. The highest BCUT2D eigenvalue weighted by atomic mass is 35.5. The highest BCUT2D eigenvalue weighted by Gasteiger charge is 2.12. The summed E-state index contributed by atoms with van der Waals surface area (Å²) in [5.74, 6) is 1.10. The Labute approximate surface area is 200 Å². The van der Waals surface area contributed by atoms with Crippen LogP contribution in [-0.4, -0.2) is 15.7 Å². The second kappa shape index (κ2) is 9.77. The molecule has 5 nitrogen and oxygen atoms in total. The first-order valence-electron chi connectivity index (χ1n) is 9.93. The first-order valence-corrected chi connectivity index (χ1v) is 11.6. The van der Waals surface area contributed by atoms with Crippen molar-refractivity contribution in [3.8, 4) is 5.75 Å². The molecule has 2 aromatic carbocycles. The van der Waals surface area contributed by atoms with Crippen molar-refractivity contribution in [3.05, 3.63) is 97.3 Å². The van der Waals surface area contributed by atoms with Crippen LogP contribution >= 0.6 is 34.5 Å². The van der Waals surface area contributed by atoms with Gasteiger partial charge in [-0.3, -0.25) is 9.48 Å². The van der Waals surface area contributed by atoms with E-state index in [-0.39, 0.29) is 5.91 Å². The quantitative estimate of drug-likeness (QED) is 0.315. The maximum atomic E-state index is 12.6. The van der Waals surface area contributed by atoms with Gasteiger partial charge in [0.05, 0.1) is 21.5 Å². The number of hydrogen-bond donors (Lipinski definition) is 1. The van der Waals surface area contributed by atoms with E-state index in [2.05, 4.69) is 24.3 Å². The van der Waals surface area contributed by atoms with Crippen LogP contribution in [0.2, 0.25) is 10.0 Å². The van der Waals surface area contributed by atoms with Crippen LogP contribution in [-0.2, 0) is 13.2 Å². The SMILES string of the molecule is Cc1ccc(OCc2csc(C(=O)Nc3ccn(Cc4ccc(Cl)c(Cl)c4)n3)c2)cc1C. The van der Waals surface area contributed by atoms with E-state index in [0.717, 1.165) is 16.9 Å². The van der Waals surface area contributed by atoms with Crippen molar-refractivity contribution in [2.24, 2.45) is 0 Å². The fourth-order valence-corrected chi connectivity index (χ4v) is 4.17. The summed E-state index contributed by atoms with van der Waals surface area (Å²) >= 11 is 13.4. The summed E-state index contributed by atoms with van der Waals surface area (Å²) in [7, 11) is 0. The van der Waals surface area contributed by atoms with Gasteiger partial charge in [0.15, 0.2) is 5.82 Å². The third-order valence-corrected chi connectivity index (χ3v) is 6.69. The first-order chi connectivity index (χ1) is 15.4. The smallest absolute Gasteiger partial charge is 0.266 e.